The highest BCUT2D eigenvalue weighted by atomic mass is 32.2. The number of H-pyrrole nitrogens is 1. The Labute approximate surface area is 184 Å². The van der Waals surface area contributed by atoms with Gasteiger partial charge in [0.15, 0.2) is 5.16 Å². The van der Waals surface area contributed by atoms with Gasteiger partial charge in [-0.25, -0.2) is 0 Å². The lowest BCUT2D eigenvalue weighted by molar-refractivity contribution is -0.113. The molecule has 2 aromatic carbocycles. The number of aromatic nitrogens is 4. The first-order valence-corrected chi connectivity index (χ1v) is 10.8. The van der Waals surface area contributed by atoms with Crippen LogP contribution in [-0.2, 0) is 17.8 Å². The van der Waals surface area contributed by atoms with Crippen LogP contribution in [0.2, 0.25) is 0 Å². The zero-order valence-corrected chi connectivity index (χ0v) is 18.0. The number of fused-ring (bicyclic) bond motifs is 1. The monoisotopic (exact) mass is 433 g/mol. The summed E-state index contributed by atoms with van der Waals surface area (Å²) in [6.45, 7) is 4.43. The third kappa shape index (κ3) is 4.80. The zero-order chi connectivity index (χ0) is 21.6. The summed E-state index contributed by atoms with van der Waals surface area (Å²) in [5.41, 5.74) is 2.97. The number of anilines is 1. The van der Waals surface area contributed by atoms with Crippen LogP contribution in [0.1, 0.15) is 11.4 Å². The van der Waals surface area contributed by atoms with Gasteiger partial charge in [-0.15, -0.1) is 16.8 Å². The van der Waals surface area contributed by atoms with Gasteiger partial charge in [0.1, 0.15) is 11.6 Å². The summed E-state index contributed by atoms with van der Waals surface area (Å²) in [5, 5.41) is 13.4. The van der Waals surface area contributed by atoms with Crippen LogP contribution in [-0.4, -0.2) is 38.5 Å². The Morgan fingerprint density at radius 2 is 2.03 bits per heavy atom. The van der Waals surface area contributed by atoms with Crippen LogP contribution < -0.4 is 10.1 Å². The molecule has 0 atom stereocenters. The minimum absolute atomic E-state index is 0.110. The van der Waals surface area contributed by atoms with Gasteiger partial charge in [0.25, 0.3) is 0 Å². The maximum Gasteiger partial charge on any atom is 0.234 e. The molecule has 2 N–H and O–H groups in total. The van der Waals surface area contributed by atoms with Crippen LogP contribution >= 0.6 is 11.8 Å². The van der Waals surface area contributed by atoms with E-state index in [9.17, 15) is 4.79 Å². The summed E-state index contributed by atoms with van der Waals surface area (Å²) in [5.74, 6) is 1.70. The number of nitrogens with one attached hydrogen (secondary N) is 2. The lowest BCUT2D eigenvalue weighted by Crippen LogP contribution is -2.14. The first-order chi connectivity index (χ1) is 15.2. The van der Waals surface area contributed by atoms with Gasteiger partial charge in [-0.3, -0.25) is 4.79 Å². The molecule has 0 aliphatic heterocycles. The molecule has 7 nitrogen and oxygen atoms in total. The standard InChI is InChI=1S/C23H23N5O2S/c1-3-12-28-21(13-16-14-24-20-7-5-4-6-19(16)20)26-27-23(28)31-15-22(29)25-17-8-10-18(30-2)11-9-17/h3-11,14,24H,1,12-13,15H2,2H3,(H,25,29). The van der Waals surface area contributed by atoms with E-state index in [1.54, 1.807) is 31.4 Å². The molecule has 2 aromatic heterocycles. The Balaban J connectivity index is 1.44. The fourth-order valence-corrected chi connectivity index (χ4v) is 4.09. The van der Waals surface area contributed by atoms with E-state index in [2.05, 4.69) is 39.2 Å². The fourth-order valence-electron chi connectivity index (χ4n) is 3.32. The van der Waals surface area contributed by atoms with Crippen LogP contribution in [0.3, 0.4) is 0 Å². The number of carbonyl (C=O) groups is 1. The van der Waals surface area contributed by atoms with E-state index in [0.717, 1.165) is 28.3 Å². The number of rotatable bonds is 9. The van der Waals surface area contributed by atoms with Gasteiger partial charge in [-0.2, -0.15) is 0 Å². The Kier molecular flexibility index (Phi) is 6.37. The molecule has 0 fully saturated rings. The Morgan fingerprint density at radius 1 is 1.23 bits per heavy atom. The molecule has 0 bridgehead atoms. The van der Waals surface area contributed by atoms with Crippen molar-refractivity contribution in [1.82, 2.24) is 19.7 Å². The lowest BCUT2D eigenvalue weighted by atomic mass is 10.1. The molecular weight excluding hydrogens is 410 g/mol. The number of hydrogen-bond acceptors (Lipinski definition) is 5. The van der Waals surface area contributed by atoms with E-state index in [1.165, 1.54) is 17.1 Å². The largest absolute Gasteiger partial charge is 0.497 e. The van der Waals surface area contributed by atoms with Crippen molar-refractivity contribution < 1.29 is 9.53 Å². The average Bonchev–Trinajstić information content (AvgIpc) is 3.38. The Morgan fingerprint density at radius 3 is 2.81 bits per heavy atom. The number of ether oxygens (including phenoxy) is 1. The average molecular weight is 434 g/mol. The second kappa shape index (κ2) is 9.53. The number of methoxy groups -OCH3 is 1. The number of amides is 1. The quantitative estimate of drug-likeness (QED) is 0.304. The molecular formula is C23H23N5O2S. The molecule has 0 unspecified atom stereocenters. The highest BCUT2D eigenvalue weighted by Crippen LogP contribution is 2.23. The molecule has 0 spiro atoms. The molecule has 8 heteroatoms. The number of aromatic amines is 1. The Bertz CT molecular complexity index is 1200. The van der Waals surface area contributed by atoms with E-state index < -0.39 is 0 Å². The summed E-state index contributed by atoms with van der Waals surface area (Å²) in [6, 6.07) is 15.4. The molecule has 4 aromatic rings. The zero-order valence-electron chi connectivity index (χ0n) is 17.2. The number of thioether (sulfide) groups is 1. The predicted octanol–water partition coefficient (Wildman–Crippen LogP) is 4.28. The molecule has 2 heterocycles. The first kappa shape index (κ1) is 20.7. The number of para-hydroxylation sites is 1. The van der Waals surface area contributed by atoms with Crippen LogP contribution in [0.15, 0.2) is 72.5 Å². The van der Waals surface area contributed by atoms with Crippen molar-refractivity contribution in [3.05, 3.63) is 78.8 Å². The van der Waals surface area contributed by atoms with Crippen LogP contribution in [0.5, 0.6) is 5.75 Å². The summed E-state index contributed by atoms with van der Waals surface area (Å²) in [6.07, 6.45) is 4.46. The van der Waals surface area contributed by atoms with Crippen molar-refractivity contribution in [2.24, 2.45) is 0 Å². The highest BCUT2D eigenvalue weighted by molar-refractivity contribution is 7.99. The van der Waals surface area contributed by atoms with Crippen molar-refractivity contribution in [3.63, 3.8) is 0 Å². The number of hydrogen-bond donors (Lipinski definition) is 2. The van der Waals surface area contributed by atoms with Gasteiger partial charge in [0.2, 0.25) is 5.91 Å². The van der Waals surface area contributed by atoms with E-state index in [-0.39, 0.29) is 11.7 Å². The molecule has 1 amide bonds. The third-order valence-electron chi connectivity index (χ3n) is 4.83. The highest BCUT2D eigenvalue weighted by Gasteiger charge is 2.15. The van der Waals surface area contributed by atoms with Crippen molar-refractivity contribution in [1.29, 1.82) is 0 Å². The molecule has 0 radical (unpaired) electrons. The first-order valence-electron chi connectivity index (χ1n) is 9.82. The summed E-state index contributed by atoms with van der Waals surface area (Å²) in [7, 11) is 1.61. The van der Waals surface area contributed by atoms with Gasteiger partial charge in [-0.05, 0) is 35.9 Å². The number of allylic oxidation sites excluding steroid dienone is 1. The summed E-state index contributed by atoms with van der Waals surface area (Å²) in [4.78, 5) is 15.7. The van der Waals surface area contributed by atoms with Crippen LogP contribution in [0, 0.1) is 0 Å². The van der Waals surface area contributed by atoms with Gasteiger partial charge < -0.3 is 19.6 Å². The van der Waals surface area contributed by atoms with E-state index in [1.807, 2.05) is 29.0 Å². The topological polar surface area (TPSA) is 84.8 Å². The molecule has 158 valence electrons. The summed E-state index contributed by atoms with van der Waals surface area (Å²) < 4.78 is 7.13. The number of nitrogens with zero attached hydrogens (tertiary/aromatic N) is 3. The molecule has 0 aliphatic rings. The lowest BCUT2D eigenvalue weighted by Gasteiger charge is -2.08. The molecule has 4 rings (SSSR count). The van der Waals surface area contributed by atoms with Crippen molar-refractivity contribution in [3.8, 4) is 5.75 Å². The van der Waals surface area contributed by atoms with Gasteiger partial charge in [0, 0.05) is 35.8 Å². The Hall–Kier alpha value is -3.52. The normalized spacial score (nSPS) is 10.9. The molecule has 0 saturated carbocycles. The second-order valence-corrected chi connectivity index (χ2v) is 7.84. The van der Waals surface area contributed by atoms with E-state index in [4.69, 9.17) is 4.74 Å². The van der Waals surface area contributed by atoms with Gasteiger partial charge in [0.05, 0.1) is 12.9 Å². The number of benzene rings is 2. The maximum absolute atomic E-state index is 12.4. The van der Waals surface area contributed by atoms with Crippen molar-refractivity contribution in [2.45, 2.75) is 18.1 Å². The molecule has 31 heavy (non-hydrogen) atoms. The minimum Gasteiger partial charge on any atom is -0.497 e. The van der Waals surface area contributed by atoms with E-state index >= 15 is 0 Å². The van der Waals surface area contributed by atoms with E-state index in [0.29, 0.717) is 18.1 Å². The number of carbonyl (C=O) groups excluding carboxylic acids is 1. The molecule has 0 saturated heterocycles. The third-order valence-corrected chi connectivity index (χ3v) is 5.80. The summed E-state index contributed by atoms with van der Waals surface area (Å²) >= 11 is 1.36. The fraction of sp³-hybridized carbons (Fsp3) is 0.174. The predicted molar refractivity (Wildman–Crippen MR) is 124 cm³/mol. The van der Waals surface area contributed by atoms with Crippen molar-refractivity contribution in [2.75, 3.05) is 18.2 Å². The smallest absolute Gasteiger partial charge is 0.234 e. The second-order valence-electron chi connectivity index (χ2n) is 6.90. The minimum atomic E-state index is -0.110. The maximum atomic E-state index is 12.4. The van der Waals surface area contributed by atoms with Crippen LogP contribution in [0.4, 0.5) is 5.69 Å². The van der Waals surface area contributed by atoms with Gasteiger partial charge in [-0.1, -0.05) is 36.0 Å². The van der Waals surface area contributed by atoms with Crippen LogP contribution in [0.25, 0.3) is 10.9 Å². The van der Waals surface area contributed by atoms with Crippen molar-refractivity contribution >= 4 is 34.3 Å². The van der Waals surface area contributed by atoms with Gasteiger partial charge >= 0.3 is 0 Å². The SMILES string of the molecule is C=CCn1c(Cc2c[nH]c3ccccc23)nnc1SCC(=O)Nc1ccc(OC)cc1. The molecule has 0 aliphatic carbocycles.